The first-order chi connectivity index (χ1) is 13.2. The minimum absolute atomic E-state index is 0.0118. The molecule has 5 rings (SSSR count). The van der Waals surface area contributed by atoms with Gasteiger partial charge in [0.1, 0.15) is 5.69 Å². The molecule has 4 bridgehead atoms. The van der Waals surface area contributed by atoms with Gasteiger partial charge in [0, 0.05) is 65.8 Å². The quantitative estimate of drug-likeness (QED) is 0.774. The van der Waals surface area contributed by atoms with Gasteiger partial charge in [0.2, 0.25) is 0 Å². The van der Waals surface area contributed by atoms with E-state index in [-0.39, 0.29) is 5.78 Å². The zero-order valence-electron chi connectivity index (χ0n) is 16.0. The number of aromatic nitrogens is 2. The van der Waals surface area contributed by atoms with Crippen molar-refractivity contribution < 1.29 is 4.79 Å². The van der Waals surface area contributed by atoms with Crippen LogP contribution in [0.4, 0.5) is 0 Å². The maximum absolute atomic E-state index is 11.7. The number of hydrogen-bond acceptors (Lipinski definition) is 6. The van der Waals surface area contributed by atoms with Gasteiger partial charge in [0.05, 0.1) is 17.1 Å². The van der Waals surface area contributed by atoms with Crippen LogP contribution >= 0.6 is 0 Å². The summed E-state index contributed by atoms with van der Waals surface area (Å²) in [5, 5.41) is 0. The average Bonchev–Trinajstić information content (AvgIpc) is 2.67. The largest absolute Gasteiger partial charge is 0.300 e. The highest BCUT2D eigenvalue weighted by molar-refractivity contribution is 5.92. The van der Waals surface area contributed by atoms with E-state index in [0.29, 0.717) is 5.69 Å². The minimum Gasteiger partial charge on any atom is -0.300 e. The molecule has 6 heteroatoms. The predicted molar refractivity (Wildman–Crippen MR) is 104 cm³/mol. The number of nitrogens with zero attached hydrogens (tertiary/aromatic N) is 5. The Labute approximate surface area is 160 Å². The SMILES string of the molecule is CC(=O)c1cccc(CN2CCN3CCN(CC3)Cc3cccc(n3)C2)n1. The van der Waals surface area contributed by atoms with Crippen molar-refractivity contribution in [1.29, 1.82) is 0 Å². The van der Waals surface area contributed by atoms with Gasteiger partial charge >= 0.3 is 0 Å². The average molecular weight is 365 g/mol. The van der Waals surface area contributed by atoms with E-state index in [0.717, 1.165) is 76.0 Å². The van der Waals surface area contributed by atoms with Crippen LogP contribution in [0.25, 0.3) is 0 Å². The van der Waals surface area contributed by atoms with Crippen molar-refractivity contribution in [1.82, 2.24) is 24.7 Å². The molecular formula is C21H27N5O. The van der Waals surface area contributed by atoms with Crippen LogP contribution < -0.4 is 0 Å². The molecule has 0 saturated carbocycles. The molecule has 3 aliphatic rings. The summed E-state index contributed by atoms with van der Waals surface area (Å²) in [5.41, 5.74) is 3.73. The van der Waals surface area contributed by atoms with Crippen LogP contribution in [-0.4, -0.2) is 69.7 Å². The summed E-state index contributed by atoms with van der Waals surface area (Å²) in [5.74, 6) is 0.0118. The van der Waals surface area contributed by atoms with Crippen LogP contribution in [0.5, 0.6) is 0 Å². The van der Waals surface area contributed by atoms with E-state index < -0.39 is 0 Å². The molecule has 5 heterocycles. The smallest absolute Gasteiger partial charge is 0.178 e. The van der Waals surface area contributed by atoms with E-state index in [1.165, 1.54) is 0 Å². The number of carbonyl (C=O) groups is 1. The Morgan fingerprint density at radius 3 is 2.30 bits per heavy atom. The normalized spacial score (nSPS) is 23.4. The van der Waals surface area contributed by atoms with Gasteiger partial charge in [-0.1, -0.05) is 12.1 Å². The summed E-state index contributed by atoms with van der Waals surface area (Å²) >= 11 is 0. The van der Waals surface area contributed by atoms with Crippen molar-refractivity contribution >= 4 is 5.78 Å². The van der Waals surface area contributed by atoms with E-state index >= 15 is 0 Å². The number of rotatable bonds is 3. The van der Waals surface area contributed by atoms with Crippen molar-refractivity contribution in [3.05, 3.63) is 59.2 Å². The lowest BCUT2D eigenvalue weighted by atomic mass is 10.2. The molecule has 27 heavy (non-hydrogen) atoms. The van der Waals surface area contributed by atoms with Crippen molar-refractivity contribution in [2.45, 2.75) is 26.6 Å². The fourth-order valence-corrected chi connectivity index (χ4v) is 3.82. The second kappa shape index (κ2) is 8.25. The van der Waals surface area contributed by atoms with Gasteiger partial charge in [-0.3, -0.25) is 24.5 Å². The Morgan fingerprint density at radius 1 is 0.852 bits per heavy atom. The molecule has 2 aromatic heterocycles. The number of fused-ring (bicyclic) bond motifs is 5. The van der Waals surface area contributed by atoms with Gasteiger partial charge in [0.25, 0.3) is 0 Å². The lowest BCUT2D eigenvalue weighted by Gasteiger charge is -2.36. The van der Waals surface area contributed by atoms with E-state index in [1.807, 2.05) is 12.1 Å². The molecule has 1 fully saturated rings. The van der Waals surface area contributed by atoms with E-state index in [2.05, 4.69) is 37.9 Å². The molecule has 0 unspecified atom stereocenters. The molecule has 142 valence electrons. The van der Waals surface area contributed by atoms with Crippen LogP contribution in [-0.2, 0) is 19.6 Å². The van der Waals surface area contributed by atoms with Gasteiger partial charge < -0.3 is 0 Å². The van der Waals surface area contributed by atoms with E-state index in [9.17, 15) is 4.79 Å². The molecule has 0 amide bonds. The van der Waals surface area contributed by atoms with Crippen molar-refractivity contribution in [3.8, 4) is 0 Å². The Bertz CT molecular complexity index is 801. The summed E-state index contributed by atoms with van der Waals surface area (Å²) in [6, 6.07) is 12.1. The number of ketones is 1. The lowest BCUT2D eigenvalue weighted by molar-refractivity contribution is 0.101. The summed E-state index contributed by atoms with van der Waals surface area (Å²) in [6.07, 6.45) is 0. The summed E-state index contributed by atoms with van der Waals surface area (Å²) < 4.78 is 0. The fraction of sp³-hybridized carbons (Fsp3) is 0.476. The first kappa shape index (κ1) is 18.2. The fourth-order valence-electron chi connectivity index (χ4n) is 3.82. The Morgan fingerprint density at radius 2 is 1.52 bits per heavy atom. The third kappa shape index (κ3) is 4.77. The Hall–Kier alpha value is -2.15. The number of hydrogen-bond donors (Lipinski definition) is 0. The van der Waals surface area contributed by atoms with Crippen LogP contribution in [0.2, 0.25) is 0 Å². The monoisotopic (exact) mass is 365 g/mol. The number of carbonyl (C=O) groups excluding carboxylic acids is 1. The Kier molecular flexibility index (Phi) is 5.57. The van der Waals surface area contributed by atoms with Crippen molar-refractivity contribution in [2.24, 2.45) is 0 Å². The lowest BCUT2D eigenvalue weighted by Crippen LogP contribution is -2.48. The molecule has 1 saturated heterocycles. The molecule has 0 spiro atoms. The summed E-state index contributed by atoms with van der Waals surface area (Å²) in [7, 11) is 0. The second-order valence-electron chi connectivity index (χ2n) is 7.52. The van der Waals surface area contributed by atoms with Crippen LogP contribution in [0, 0.1) is 0 Å². The first-order valence-electron chi connectivity index (χ1n) is 9.74. The van der Waals surface area contributed by atoms with Gasteiger partial charge in [-0.25, -0.2) is 4.98 Å². The van der Waals surface area contributed by atoms with Crippen molar-refractivity contribution in [3.63, 3.8) is 0 Å². The van der Waals surface area contributed by atoms with E-state index in [1.54, 1.807) is 13.0 Å². The zero-order chi connectivity index (χ0) is 18.6. The predicted octanol–water partition coefficient (Wildman–Crippen LogP) is 1.81. The molecule has 0 radical (unpaired) electrons. The van der Waals surface area contributed by atoms with Gasteiger partial charge in [-0.15, -0.1) is 0 Å². The number of Topliss-reactive ketones (excluding diaryl/α,β-unsaturated/α-hetero) is 1. The molecule has 0 aliphatic carbocycles. The van der Waals surface area contributed by atoms with Crippen molar-refractivity contribution in [2.75, 3.05) is 39.3 Å². The molecule has 0 N–H and O–H groups in total. The molecule has 0 atom stereocenters. The van der Waals surface area contributed by atoms with Gasteiger partial charge in [-0.05, 0) is 24.3 Å². The van der Waals surface area contributed by atoms with Gasteiger partial charge in [0.15, 0.2) is 5.78 Å². The second-order valence-corrected chi connectivity index (χ2v) is 7.52. The molecular weight excluding hydrogens is 338 g/mol. The summed E-state index contributed by atoms with van der Waals surface area (Å²) in [4.78, 5) is 28.5. The maximum Gasteiger partial charge on any atom is 0.178 e. The number of pyridine rings is 2. The minimum atomic E-state index is 0.0118. The van der Waals surface area contributed by atoms with Crippen LogP contribution in [0.3, 0.4) is 0 Å². The molecule has 3 aliphatic heterocycles. The third-order valence-corrected chi connectivity index (χ3v) is 5.39. The first-order valence-corrected chi connectivity index (χ1v) is 9.74. The van der Waals surface area contributed by atoms with Crippen LogP contribution in [0.15, 0.2) is 36.4 Å². The Balaban J connectivity index is 1.56. The zero-order valence-corrected chi connectivity index (χ0v) is 16.0. The van der Waals surface area contributed by atoms with Crippen LogP contribution in [0.1, 0.15) is 34.5 Å². The third-order valence-electron chi connectivity index (χ3n) is 5.39. The highest BCUT2D eigenvalue weighted by Gasteiger charge is 2.20. The standard InChI is InChI=1S/C21H27N5O/c1-17(27)21-7-3-6-20(23-21)16-26-13-10-24-8-11-25(12-9-24)14-18-4-2-5-19(15-26)22-18/h2-7H,8-16H2,1H3. The molecule has 0 aromatic carbocycles. The maximum atomic E-state index is 11.7. The summed E-state index contributed by atoms with van der Waals surface area (Å²) in [6.45, 7) is 10.5. The highest BCUT2D eigenvalue weighted by Crippen LogP contribution is 2.13. The highest BCUT2D eigenvalue weighted by atomic mass is 16.1. The van der Waals surface area contributed by atoms with E-state index in [4.69, 9.17) is 4.98 Å². The molecule has 6 nitrogen and oxygen atoms in total. The number of piperazine rings is 1. The molecule has 2 aromatic rings. The topological polar surface area (TPSA) is 52.6 Å². The van der Waals surface area contributed by atoms with Gasteiger partial charge in [-0.2, -0.15) is 0 Å².